The average Bonchev–Trinajstić information content (AvgIpc) is 2.65. The quantitative estimate of drug-likeness (QED) is 0.844. The maximum absolute atomic E-state index is 13.0. The van der Waals surface area contributed by atoms with Crippen LogP contribution in [-0.2, 0) is 16.1 Å². The van der Waals surface area contributed by atoms with Gasteiger partial charge in [-0.25, -0.2) is 4.39 Å². The molecule has 0 saturated carbocycles. The molecule has 0 radical (unpaired) electrons. The van der Waals surface area contributed by atoms with Gasteiger partial charge in [0.1, 0.15) is 5.82 Å². The van der Waals surface area contributed by atoms with Crippen molar-refractivity contribution in [2.24, 2.45) is 0 Å². The highest BCUT2D eigenvalue weighted by Gasteiger charge is 2.15. The first kappa shape index (κ1) is 11.0. The number of rotatable bonds is 3. The summed E-state index contributed by atoms with van der Waals surface area (Å²) in [7, 11) is 0. The smallest absolute Gasteiger partial charge is 0.124 e. The number of hydrogen-bond donors (Lipinski definition) is 0. The molecule has 82 valence electrons. The lowest BCUT2D eigenvalue weighted by Gasteiger charge is -2.09. The van der Waals surface area contributed by atoms with Crippen molar-refractivity contribution >= 4 is 15.9 Å². The van der Waals surface area contributed by atoms with E-state index in [-0.39, 0.29) is 11.9 Å². The summed E-state index contributed by atoms with van der Waals surface area (Å²) in [5, 5.41) is 0. The molecule has 1 atom stereocenters. The standard InChI is InChI=1S/C11H12BrFO2/c12-9-3-8(4-10(13)5-9)6-15-11-1-2-14-7-11/h3-5,11H,1-2,6-7H2. The first-order valence-electron chi connectivity index (χ1n) is 4.88. The molecule has 4 heteroatoms. The van der Waals surface area contributed by atoms with Crippen LogP contribution in [0.4, 0.5) is 4.39 Å². The van der Waals surface area contributed by atoms with Crippen molar-refractivity contribution in [3.05, 3.63) is 34.1 Å². The minimum absolute atomic E-state index is 0.159. The van der Waals surface area contributed by atoms with E-state index < -0.39 is 0 Å². The number of benzene rings is 1. The van der Waals surface area contributed by atoms with E-state index in [4.69, 9.17) is 9.47 Å². The molecule has 0 spiro atoms. The first-order valence-corrected chi connectivity index (χ1v) is 5.67. The van der Waals surface area contributed by atoms with E-state index in [1.165, 1.54) is 12.1 Å². The van der Waals surface area contributed by atoms with Crippen molar-refractivity contribution in [1.82, 2.24) is 0 Å². The lowest BCUT2D eigenvalue weighted by atomic mass is 10.2. The lowest BCUT2D eigenvalue weighted by molar-refractivity contribution is 0.0316. The summed E-state index contributed by atoms with van der Waals surface area (Å²) >= 11 is 3.25. The Morgan fingerprint density at radius 3 is 3.00 bits per heavy atom. The van der Waals surface area contributed by atoms with Gasteiger partial charge in [-0.05, 0) is 30.2 Å². The lowest BCUT2D eigenvalue weighted by Crippen LogP contribution is -2.11. The van der Waals surface area contributed by atoms with Gasteiger partial charge in [-0.1, -0.05) is 15.9 Å². The highest BCUT2D eigenvalue weighted by Crippen LogP contribution is 2.17. The van der Waals surface area contributed by atoms with Crippen LogP contribution < -0.4 is 0 Å². The summed E-state index contributed by atoms with van der Waals surface area (Å²) in [5.41, 5.74) is 0.841. The molecular weight excluding hydrogens is 263 g/mol. The minimum atomic E-state index is -0.245. The summed E-state index contributed by atoms with van der Waals surface area (Å²) in [6.45, 7) is 1.85. The predicted molar refractivity (Wildman–Crippen MR) is 58.1 cm³/mol. The van der Waals surface area contributed by atoms with Gasteiger partial charge in [0, 0.05) is 11.1 Å². The second-order valence-electron chi connectivity index (χ2n) is 3.57. The maximum Gasteiger partial charge on any atom is 0.124 e. The normalized spacial score (nSPS) is 20.8. The van der Waals surface area contributed by atoms with Crippen LogP contribution in [0, 0.1) is 5.82 Å². The van der Waals surface area contributed by atoms with Crippen molar-refractivity contribution in [2.45, 2.75) is 19.1 Å². The Morgan fingerprint density at radius 2 is 2.33 bits per heavy atom. The van der Waals surface area contributed by atoms with Gasteiger partial charge in [0.25, 0.3) is 0 Å². The maximum atomic E-state index is 13.0. The Balaban J connectivity index is 1.92. The van der Waals surface area contributed by atoms with Crippen molar-refractivity contribution < 1.29 is 13.9 Å². The van der Waals surface area contributed by atoms with Gasteiger partial charge in [0.15, 0.2) is 0 Å². The second kappa shape index (κ2) is 5.05. The molecule has 1 heterocycles. The van der Waals surface area contributed by atoms with E-state index in [9.17, 15) is 4.39 Å². The molecule has 0 aromatic heterocycles. The van der Waals surface area contributed by atoms with E-state index in [2.05, 4.69) is 15.9 Å². The summed E-state index contributed by atoms with van der Waals surface area (Å²) in [4.78, 5) is 0. The van der Waals surface area contributed by atoms with Crippen molar-refractivity contribution in [3.8, 4) is 0 Å². The Labute approximate surface area is 96.5 Å². The van der Waals surface area contributed by atoms with Gasteiger partial charge in [-0.2, -0.15) is 0 Å². The largest absolute Gasteiger partial charge is 0.379 e. The zero-order chi connectivity index (χ0) is 10.7. The monoisotopic (exact) mass is 274 g/mol. The van der Waals surface area contributed by atoms with Gasteiger partial charge < -0.3 is 9.47 Å². The third-order valence-electron chi connectivity index (χ3n) is 2.30. The topological polar surface area (TPSA) is 18.5 Å². The molecule has 1 aromatic rings. The number of ether oxygens (including phenoxy) is 2. The van der Waals surface area contributed by atoms with Gasteiger partial charge in [0.05, 0.1) is 19.3 Å². The van der Waals surface area contributed by atoms with E-state index >= 15 is 0 Å². The third-order valence-corrected chi connectivity index (χ3v) is 2.75. The van der Waals surface area contributed by atoms with Crippen LogP contribution >= 0.6 is 15.9 Å². The number of hydrogen-bond acceptors (Lipinski definition) is 2. The Hall–Kier alpha value is -0.450. The molecule has 15 heavy (non-hydrogen) atoms. The molecule has 1 saturated heterocycles. The van der Waals surface area contributed by atoms with E-state index in [0.29, 0.717) is 13.2 Å². The van der Waals surface area contributed by atoms with Crippen LogP contribution in [0.25, 0.3) is 0 Å². The zero-order valence-electron chi connectivity index (χ0n) is 8.21. The Kier molecular flexibility index (Phi) is 3.72. The fourth-order valence-electron chi connectivity index (χ4n) is 1.55. The van der Waals surface area contributed by atoms with Crippen LogP contribution in [-0.4, -0.2) is 19.3 Å². The number of halogens is 2. The summed E-state index contributed by atoms with van der Waals surface area (Å²) in [6, 6.07) is 4.78. The third kappa shape index (κ3) is 3.26. The van der Waals surface area contributed by atoms with Crippen molar-refractivity contribution in [2.75, 3.05) is 13.2 Å². The molecule has 2 rings (SSSR count). The van der Waals surface area contributed by atoms with Gasteiger partial charge in [-0.15, -0.1) is 0 Å². The minimum Gasteiger partial charge on any atom is -0.379 e. The molecule has 1 aromatic carbocycles. The molecule has 1 aliphatic heterocycles. The highest BCUT2D eigenvalue weighted by molar-refractivity contribution is 9.10. The van der Waals surface area contributed by atoms with E-state index in [0.717, 1.165) is 23.1 Å². The molecule has 0 bridgehead atoms. The van der Waals surface area contributed by atoms with Crippen LogP contribution in [0.3, 0.4) is 0 Å². The molecule has 1 aliphatic rings. The first-order chi connectivity index (χ1) is 7.24. The Bertz CT molecular complexity index is 317. The SMILES string of the molecule is Fc1cc(Br)cc(COC2CCOC2)c1. The molecule has 0 amide bonds. The zero-order valence-corrected chi connectivity index (χ0v) is 9.80. The molecule has 0 aliphatic carbocycles. The van der Waals surface area contributed by atoms with Gasteiger partial charge in [-0.3, -0.25) is 0 Å². The van der Waals surface area contributed by atoms with Gasteiger partial charge >= 0.3 is 0 Å². The van der Waals surface area contributed by atoms with Crippen LogP contribution in [0.5, 0.6) is 0 Å². The highest BCUT2D eigenvalue weighted by atomic mass is 79.9. The fourth-order valence-corrected chi connectivity index (χ4v) is 2.07. The van der Waals surface area contributed by atoms with Crippen LogP contribution in [0.1, 0.15) is 12.0 Å². The molecule has 1 fully saturated rings. The molecule has 2 nitrogen and oxygen atoms in total. The van der Waals surface area contributed by atoms with Gasteiger partial charge in [0.2, 0.25) is 0 Å². The van der Waals surface area contributed by atoms with Crippen molar-refractivity contribution in [3.63, 3.8) is 0 Å². The molecule has 0 N–H and O–H groups in total. The second-order valence-corrected chi connectivity index (χ2v) is 4.49. The summed E-state index contributed by atoms with van der Waals surface area (Å²) < 4.78 is 24.5. The summed E-state index contributed by atoms with van der Waals surface area (Å²) in [5.74, 6) is -0.245. The molecule has 1 unspecified atom stereocenters. The fraction of sp³-hybridized carbons (Fsp3) is 0.455. The van der Waals surface area contributed by atoms with E-state index in [1.807, 2.05) is 6.07 Å². The van der Waals surface area contributed by atoms with E-state index in [1.54, 1.807) is 0 Å². The average molecular weight is 275 g/mol. The Morgan fingerprint density at radius 1 is 1.47 bits per heavy atom. The molecular formula is C11H12BrFO2. The van der Waals surface area contributed by atoms with Crippen LogP contribution in [0.15, 0.2) is 22.7 Å². The summed E-state index contributed by atoms with van der Waals surface area (Å²) in [6.07, 6.45) is 1.09. The predicted octanol–water partition coefficient (Wildman–Crippen LogP) is 2.89. The van der Waals surface area contributed by atoms with Crippen LogP contribution in [0.2, 0.25) is 0 Å². The van der Waals surface area contributed by atoms with Crippen molar-refractivity contribution in [1.29, 1.82) is 0 Å².